The van der Waals surface area contributed by atoms with Crippen molar-refractivity contribution in [2.24, 2.45) is 0 Å². The third kappa shape index (κ3) is 2.48. The fourth-order valence-electron chi connectivity index (χ4n) is 2.94. The molecule has 0 aliphatic heterocycles. The van der Waals surface area contributed by atoms with E-state index in [0.29, 0.717) is 5.92 Å². The smallest absolute Gasteiger partial charge is 0.220 e. The highest BCUT2D eigenvalue weighted by Crippen LogP contribution is 2.33. The van der Waals surface area contributed by atoms with Crippen LogP contribution in [-0.2, 0) is 19.3 Å². The summed E-state index contributed by atoms with van der Waals surface area (Å²) >= 11 is 0. The number of fused-ring (bicyclic) bond motifs is 1. The molecule has 0 saturated heterocycles. The molecule has 4 rings (SSSR count). The second-order valence-corrected chi connectivity index (χ2v) is 5.89. The van der Waals surface area contributed by atoms with Crippen LogP contribution in [0.15, 0.2) is 28.7 Å². The van der Waals surface area contributed by atoms with Gasteiger partial charge in [0.15, 0.2) is 0 Å². The molecule has 1 heterocycles. The van der Waals surface area contributed by atoms with E-state index < -0.39 is 0 Å². The largest absolute Gasteiger partial charge is 0.425 e. The van der Waals surface area contributed by atoms with Gasteiger partial charge < -0.3 is 9.73 Å². The maximum atomic E-state index is 5.84. The van der Waals surface area contributed by atoms with Gasteiger partial charge in [0, 0.05) is 24.9 Å². The first-order valence-electron chi connectivity index (χ1n) is 7.51. The van der Waals surface area contributed by atoms with Crippen LogP contribution in [0.1, 0.15) is 41.7 Å². The van der Waals surface area contributed by atoms with Gasteiger partial charge in [0.2, 0.25) is 11.8 Å². The molecular weight excluding hydrogens is 250 g/mol. The summed E-state index contributed by atoms with van der Waals surface area (Å²) in [4.78, 5) is 0. The molecule has 0 atom stereocenters. The first kappa shape index (κ1) is 12.1. The lowest BCUT2D eigenvalue weighted by atomic mass is 10.1. The van der Waals surface area contributed by atoms with E-state index in [9.17, 15) is 0 Å². The van der Waals surface area contributed by atoms with Crippen LogP contribution in [-0.4, -0.2) is 22.8 Å². The molecule has 1 aromatic carbocycles. The average Bonchev–Trinajstić information content (AvgIpc) is 3.01. The summed E-state index contributed by atoms with van der Waals surface area (Å²) in [5.41, 5.74) is 2.85. The Morgan fingerprint density at radius 2 is 1.85 bits per heavy atom. The minimum absolute atomic E-state index is 0.366. The van der Waals surface area contributed by atoms with Crippen molar-refractivity contribution in [3.05, 3.63) is 47.2 Å². The molecule has 2 aliphatic rings. The Labute approximate surface area is 118 Å². The SMILES string of the molecule is c1ccc2c(c1)CC(c1nnc(CCNC3CC3)o1)C2. The van der Waals surface area contributed by atoms with Gasteiger partial charge in [-0.3, -0.25) is 0 Å². The minimum atomic E-state index is 0.366. The average molecular weight is 269 g/mol. The molecule has 0 unspecified atom stereocenters. The second kappa shape index (κ2) is 5.02. The number of hydrogen-bond donors (Lipinski definition) is 1. The summed E-state index contributed by atoms with van der Waals surface area (Å²) in [5.74, 6) is 1.94. The van der Waals surface area contributed by atoms with Gasteiger partial charge in [-0.05, 0) is 36.8 Å². The van der Waals surface area contributed by atoms with Crippen LogP contribution in [0.2, 0.25) is 0 Å². The third-order valence-electron chi connectivity index (χ3n) is 4.23. The molecule has 1 saturated carbocycles. The zero-order chi connectivity index (χ0) is 13.4. The summed E-state index contributed by atoms with van der Waals surface area (Å²) in [7, 11) is 0. The van der Waals surface area contributed by atoms with Crippen LogP contribution in [0.25, 0.3) is 0 Å². The minimum Gasteiger partial charge on any atom is -0.425 e. The van der Waals surface area contributed by atoms with Crippen molar-refractivity contribution in [2.45, 2.75) is 44.1 Å². The molecule has 104 valence electrons. The van der Waals surface area contributed by atoms with E-state index >= 15 is 0 Å². The third-order valence-corrected chi connectivity index (χ3v) is 4.23. The molecule has 4 nitrogen and oxygen atoms in total. The summed E-state index contributed by atoms with van der Waals surface area (Å²) in [6.07, 6.45) is 5.52. The summed E-state index contributed by atoms with van der Waals surface area (Å²) in [6.45, 7) is 0.942. The monoisotopic (exact) mass is 269 g/mol. The lowest BCUT2D eigenvalue weighted by Gasteiger charge is -2.01. The summed E-state index contributed by atoms with van der Waals surface area (Å²) in [6, 6.07) is 9.34. The van der Waals surface area contributed by atoms with Gasteiger partial charge in [-0.1, -0.05) is 24.3 Å². The van der Waals surface area contributed by atoms with Crippen molar-refractivity contribution in [1.29, 1.82) is 0 Å². The van der Waals surface area contributed by atoms with Gasteiger partial charge in [-0.2, -0.15) is 0 Å². The molecule has 20 heavy (non-hydrogen) atoms. The van der Waals surface area contributed by atoms with Crippen molar-refractivity contribution in [2.75, 3.05) is 6.54 Å². The Kier molecular flexibility index (Phi) is 3.03. The topological polar surface area (TPSA) is 51.0 Å². The lowest BCUT2D eigenvalue weighted by Crippen LogP contribution is -2.19. The van der Waals surface area contributed by atoms with Crippen molar-refractivity contribution in [1.82, 2.24) is 15.5 Å². The molecular formula is C16H19N3O. The fourth-order valence-corrected chi connectivity index (χ4v) is 2.94. The number of nitrogens with one attached hydrogen (secondary N) is 1. The van der Waals surface area contributed by atoms with Gasteiger partial charge in [0.25, 0.3) is 0 Å². The molecule has 1 fully saturated rings. The standard InChI is InChI=1S/C16H19N3O/c1-2-4-12-10-13(9-11(12)3-1)16-19-18-15(20-16)7-8-17-14-5-6-14/h1-4,13-14,17H,5-10H2. The zero-order valence-electron chi connectivity index (χ0n) is 11.5. The van der Waals surface area contributed by atoms with E-state index in [-0.39, 0.29) is 0 Å². The maximum Gasteiger partial charge on any atom is 0.220 e. The van der Waals surface area contributed by atoms with E-state index in [4.69, 9.17) is 4.42 Å². The molecule has 2 aromatic rings. The Balaban J connectivity index is 1.38. The molecule has 2 aliphatic carbocycles. The summed E-state index contributed by atoms with van der Waals surface area (Å²) < 4.78 is 5.84. The van der Waals surface area contributed by atoms with Crippen LogP contribution < -0.4 is 5.32 Å². The Bertz CT molecular complexity index is 578. The molecule has 0 spiro atoms. The van der Waals surface area contributed by atoms with Crippen molar-refractivity contribution >= 4 is 0 Å². The van der Waals surface area contributed by atoms with E-state index in [0.717, 1.165) is 43.6 Å². The highest BCUT2D eigenvalue weighted by Gasteiger charge is 2.27. The summed E-state index contributed by atoms with van der Waals surface area (Å²) in [5, 5.41) is 11.9. The highest BCUT2D eigenvalue weighted by molar-refractivity contribution is 5.34. The molecule has 0 amide bonds. The van der Waals surface area contributed by atoms with Gasteiger partial charge in [0.1, 0.15) is 0 Å². The molecule has 1 aromatic heterocycles. The van der Waals surface area contributed by atoms with E-state index in [2.05, 4.69) is 39.8 Å². The van der Waals surface area contributed by atoms with Crippen molar-refractivity contribution < 1.29 is 4.42 Å². The Morgan fingerprint density at radius 3 is 2.55 bits per heavy atom. The van der Waals surface area contributed by atoms with Gasteiger partial charge in [-0.15, -0.1) is 10.2 Å². The molecule has 1 N–H and O–H groups in total. The van der Waals surface area contributed by atoms with E-state index in [1.807, 2.05) is 0 Å². The first-order valence-corrected chi connectivity index (χ1v) is 7.51. The predicted octanol–water partition coefficient (Wildman–Crippen LogP) is 2.25. The number of aromatic nitrogens is 2. The molecule has 0 bridgehead atoms. The van der Waals surface area contributed by atoms with E-state index in [1.54, 1.807) is 0 Å². The lowest BCUT2D eigenvalue weighted by molar-refractivity contribution is 0.415. The molecule has 4 heteroatoms. The van der Waals surface area contributed by atoms with Crippen LogP contribution in [0, 0.1) is 0 Å². The molecule has 0 radical (unpaired) electrons. The van der Waals surface area contributed by atoms with Gasteiger partial charge in [-0.25, -0.2) is 0 Å². The number of hydrogen-bond acceptors (Lipinski definition) is 4. The predicted molar refractivity (Wildman–Crippen MR) is 75.6 cm³/mol. The van der Waals surface area contributed by atoms with E-state index in [1.165, 1.54) is 24.0 Å². The van der Waals surface area contributed by atoms with Gasteiger partial charge >= 0.3 is 0 Å². The second-order valence-electron chi connectivity index (χ2n) is 5.89. The zero-order valence-corrected chi connectivity index (χ0v) is 11.5. The van der Waals surface area contributed by atoms with Gasteiger partial charge in [0.05, 0.1) is 0 Å². The first-order chi connectivity index (χ1) is 9.88. The number of benzene rings is 1. The highest BCUT2D eigenvalue weighted by atomic mass is 16.4. The normalized spacial score (nSPS) is 18.4. The van der Waals surface area contributed by atoms with Crippen LogP contribution in [0.5, 0.6) is 0 Å². The van der Waals surface area contributed by atoms with Crippen molar-refractivity contribution in [3.63, 3.8) is 0 Å². The number of rotatable bonds is 5. The maximum absolute atomic E-state index is 5.84. The Morgan fingerprint density at radius 1 is 1.10 bits per heavy atom. The van der Waals surface area contributed by atoms with Crippen molar-refractivity contribution in [3.8, 4) is 0 Å². The Hall–Kier alpha value is -1.68. The fraction of sp³-hybridized carbons (Fsp3) is 0.500. The van der Waals surface area contributed by atoms with Crippen LogP contribution in [0.4, 0.5) is 0 Å². The van der Waals surface area contributed by atoms with Crippen LogP contribution in [0.3, 0.4) is 0 Å². The quantitative estimate of drug-likeness (QED) is 0.904. The van der Waals surface area contributed by atoms with Crippen LogP contribution >= 0.6 is 0 Å². The number of nitrogens with zero attached hydrogens (tertiary/aromatic N) is 2.